The molecule has 0 radical (unpaired) electrons. The van der Waals surface area contributed by atoms with E-state index in [-0.39, 0.29) is 0 Å². The van der Waals surface area contributed by atoms with Crippen LogP contribution < -0.4 is 5.32 Å². The lowest BCUT2D eigenvalue weighted by molar-refractivity contribution is 0.325. The topological polar surface area (TPSA) is 12.0 Å². The maximum absolute atomic E-state index is 3.62. The fourth-order valence-electron chi connectivity index (χ4n) is 2.46. The summed E-state index contributed by atoms with van der Waals surface area (Å²) in [5.41, 5.74) is 4.68. The zero-order valence-corrected chi connectivity index (χ0v) is 12.3. The zero-order valence-electron chi connectivity index (χ0n) is 12.3. The van der Waals surface area contributed by atoms with E-state index in [0.29, 0.717) is 5.41 Å². The van der Waals surface area contributed by atoms with Crippen molar-refractivity contribution in [3.63, 3.8) is 0 Å². The van der Waals surface area contributed by atoms with E-state index >= 15 is 0 Å². The lowest BCUT2D eigenvalue weighted by Gasteiger charge is -2.25. The summed E-state index contributed by atoms with van der Waals surface area (Å²) in [6.07, 6.45) is 5.21. The molecule has 2 rings (SSSR count). The van der Waals surface area contributed by atoms with Crippen molar-refractivity contribution in [3.05, 3.63) is 34.9 Å². The van der Waals surface area contributed by atoms with Crippen molar-refractivity contribution >= 4 is 0 Å². The van der Waals surface area contributed by atoms with Crippen LogP contribution >= 0.6 is 0 Å². The summed E-state index contributed by atoms with van der Waals surface area (Å²) in [4.78, 5) is 0. The molecule has 0 bridgehead atoms. The minimum absolute atomic E-state index is 0.392. The summed E-state index contributed by atoms with van der Waals surface area (Å²) in [5, 5.41) is 3.62. The van der Waals surface area contributed by atoms with Gasteiger partial charge in [-0.25, -0.2) is 0 Å². The van der Waals surface area contributed by atoms with Crippen molar-refractivity contribution in [2.45, 2.75) is 59.4 Å². The third-order valence-electron chi connectivity index (χ3n) is 4.07. The molecule has 0 spiro atoms. The summed E-state index contributed by atoms with van der Waals surface area (Å²) < 4.78 is 0. The van der Waals surface area contributed by atoms with E-state index in [1.165, 1.54) is 48.9 Å². The third kappa shape index (κ3) is 4.13. The van der Waals surface area contributed by atoms with Gasteiger partial charge in [0, 0.05) is 6.04 Å². The van der Waals surface area contributed by atoms with Crippen LogP contribution in [0.1, 0.15) is 49.8 Å². The van der Waals surface area contributed by atoms with E-state index < -0.39 is 0 Å². The summed E-state index contributed by atoms with van der Waals surface area (Å²) in [6, 6.07) is 7.73. The van der Waals surface area contributed by atoms with Gasteiger partial charge < -0.3 is 5.32 Å². The molecule has 1 heteroatoms. The van der Waals surface area contributed by atoms with E-state index in [1.807, 2.05) is 0 Å². The minimum Gasteiger partial charge on any atom is -0.314 e. The first-order chi connectivity index (χ1) is 8.46. The van der Waals surface area contributed by atoms with E-state index in [4.69, 9.17) is 0 Å². The molecule has 1 aromatic carbocycles. The Morgan fingerprint density at radius 1 is 1.17 bits per heavy atom. The Morgan fingerprint density at radius 2 is 1.89 bits per heavy atom. The molecule has 0 aliphatic heterocycles. The Labute approximate surface area is 112 Å². The average Bonchev–Trinajstić information content (AvgIpc) is 3.07. The highest BCUT2D eigenvalue weighted by Gasteiger charge is 2.23. The maximum atomic E-state index is 3.62. The van der Waals surface area contributed by atoms with Crippen molar-refractivity contribution in [2.24, 2.45) is 5.41 Å². The molecule has 1 N–H and O–H groups in total. The van der Waals surface area contributed by atoms with Crippen LogP contribution in [0.15, 0.2) is 18.2 Å². The van der Waals surface area contributed by atoms with Gasteiger partial charge in [0.25, 0.3) is 0 Å². The third-order valence-corrected chi connectivity index (χ3v) is 4.07. The lowest BCUT2D eigenvalue weighted by atomic mass is 9.82. The molecule has 0 saturated heterocycles. The van der Waals surface area contributed by atoms with Crippen molar-refractivity contribution in [1.82, 2.24) is 5.32 Å². The average molecular weight is 245 g/mol. The highest BCUT2D eigenvalue weighted by atomic mass is 14.9. The molecule has 0 unspecified atom stereocenters. The number of rotatable bonds is 6. The van der Waals surface area contributed by atoms with Gasteiger partial charge in [-0.1, -0.05) is 32.0 Å². The second kappa shape index (κ2) is 5.44. The van der Waals surface area contributed by atoms with Gasteiger partial charge in [0.15, 0.2) is 0 Å². The minimum atomic E-state index is 0.392. The number of aryl methyl sites for hydroxylation is 2. The standard InChI is InChI=1S/C17H27N/c1-13-5-6-15(11-14(13)2)12-17(3,4)9-10-18-16-7-8-16/h5-6,11,16,18H,7-10,12H2,1-4H3. The van der Waals surface area contributed by atoms with Gasteiger partial charge in [-0.3, -0.25) is 0 Å². The molecule has 1 nitrogen and oxygen atoms in total. The Bertz CT molecular complexity index is 402. The van der Waals surface area contributed by atoms with E-state index in [1.54, 1.807) is 0 Å². The van der Waals surface area contributed by atoms with E-state index in [9.17, 15) is 0 Å². The molecule has 0 amide bonds. The second-order valence-electron chi connectivity index (χ2n) is 6.74. The fraction of sp³-hybridized carbons (Fsp3) is 0.647. The van der Waals surface area contributed by atoms with Gasteiger partial charge in [0.1, 0.15) is 0 Å². The van der Waals surface area contributed by atoms with Crippen LogP contribution in [-0.4, -0.2) is 12.6 Å². The first-order valence-corrected chi connectivity index (χ1v) is 7.26. The number of hydrogen-bond donors (Lipinski definition) is 1. The van der Waals surface area contributed by atoms with E-state index in [0.717, 1.165) is 6.04 Å². The summed E-state index contributed by atoms with van der Waals surface area (Å²) in [5.74, 6) is 0. The Hall–Kier alpha value is -0.820. The monoisotopic (exact) mass is 245 g/mol. The molecule has 1 fully saturated rings. The molecule has 1 aliphatic carbocycles. The van der Waals surface area contributed by atoms with Crippen molar-refractivity contribution in [2.75, 3.05) is 6.54 Å². The molecule has 0 heterocycles. The molecule has 1 aliphatic rings. The van der Waals surface area contributed by atoms with Crippen molar-refractivity contribution in [3.8, 4) is 0 Å². The number of nitrogens with one attached hydrogen (secondary N) is 1. The van der Waals surface area contributed by atoms with Gasteiger partial charge >= 0.3 is 0 Å². The summed E-state index contributed by atoms with van der Waals surface area (Å²) in [6.45, 7) is 10.3. The van der Waals surface area contributed by atoms with Crippen LogP contribution in [0.3, 0.4) is 0 Å². The van der Waals surface area contributed by atoms with Crippen LogP contribution in [-0.2, 0) is 6.42 Å². The SMILES string of the molecule is Cc1ccc(CC(C)(C)CCNC2CC2)cc1C. The van der Waals surface area contributed by atoms with Crippen molar-refractivity contribution < 1.29 is 0 Å². The zero-order chi connectivity index (χ0) is 13.2. The summed E-state index contributed by atoms with van der Waals surface area (Å²) in [7, 11) is 0. The molecule has 18 heavy (non-hydrogen) atoms. The van der Waals surface area contributed by atoms with Crippen LogP contribution in [0.25, 0.3) is 0 Å². The molecule has 1 aromatic rings. The Balaban J connectivity index is 1.86. The Kier molecular flexibility index (Phi) is 4.11. The van der Waals surface area contributed by atoms with Gasteiger partial charge in [0.2, 0.25) is 0 Å². The van der Waals surface area contributed by atoms with E-state index in [2.05, 4.69) is 51.2 Å². The summed E-state index contributed by atoms with van der Waals surface area (Å²) >= 11 is 0. The first kappa shape index (κ1) is 13.6. The van der Waals surface area contributed by atoms with Gasteiger partial charge in [0.05, 0.1) is 0 Å². The van der Waals surface area contributed by atoms with Crippen LogP contribution in [0.5, 0.6) is 0 Å². The maximum Gasteiger partial charge on any atom is 0.00682 e. The molecule has 0 aromatic heterocycles. The smallest absolute Gasteiger partial charge is 0.00682 e. The fourth-order valence-corrected chi connectivity index (χ4v) is 2.46. The molecular weight excluding hydrogens is 218 g/mol. The number of benzene rings is 1. The second-order valence-corrected chi connectivity index (χ2v) is 6.74. The first-order valence-electron chi connectivity index (χ1n) is 7.26. The highest BCUT2D eigenvalue weighted by molar-refractivity contribution is 5.30. The highest BCUT2D eigenvalue weighted by Crippen LogP contribution is 2.27. The molecule has 1 saturated carbocycles. The molecular formula is C17H27N. The molecule has 0 atom stereocenters. The van der Waals surface area contributed by atoms with Crippen LogP contribution in [0, 0.1) is 19.3 Å². The number of hydrogen-bond acceptors (Lipinski definition) is 1. The Morgan fingerprint density at radius 3 is 2.50 bits per heavy atom. The largest absolute Gasteiger partial charge is 0.314 e. The predicted octanol–water partition coefficient (Wildman–Crippen LogP) is 4.01. The van der Waals surface area contributed by atoms with Crippen molar-refractivity contribution in [1.29, 1.82) is 0 Å². The van der Waals surface area contributed by atoms with Gasteiger partial charge in [-0.2, -0.15) is 0 Å². The normalized spacial score (nSPS) is 16.0. The van der Waals surface area contributed by atoms with Crippen LogP contribution in [0.2, 0.25) is 0 Å². The quantitative estimate of drug-likeness (QED) is 0.798. The molecule has 100 valence electrons. The predicted molar refractivity (Wildman–Crippen MR) is 79.0 cm³/mol. The lowest BCUT2D eigenvalue weighted by Crippen LogP contribution is -2.25. The van der Waals surface area contributed by atoms with Gasteiger partial charge in [-0.15, -0.1) is 0 Å². The van der Waals surface area contributed by atoms with Crippen LogP contribution in [0.4, 0.5) is 0 Å². The van der Waals surface area contributed by atoms with Gasteiger partial charge in [-0.05, 0) is 68.2 Å².